The molecule has 4 heteroatoms. The fourth-order valence-electron chi connectivity index (χ4n) is 3.70. The van der Waals surface area contributed by atoms with Crippen LogP contribution in [0.5, 0.6) is 0 Å². The average molecular weight is 430 g/mol. The Balaban J connectivity index is 3.80. The van der Waals surface area contributed by atoms with Gasteiger partial charge in [0.2, 0.25) is 0 Å². The highest BCUT2D eigenvalue weighted by Crippen LogP contribution is 2.13. The summed E-state index contributed by atoms with van der Waals surface area (Å²) in [6.45, 7) is 8.21. The van der Waals surface area contributed by atoms with Gasteiger partial charge in [-0.25, -0.2) is 0 Å². The van der Waals surface area contributed by atoms with E-state index in [2.05, 4.69) is 19.2 Å². The smallest absolute Gasteiger partial charge is 0.157 e. The molecule has 182 valence electrons. The molecule has 0 aliphatic heterocycles. The molecule has 0 aliphatic carbocycles. The molecule has 0 atom stereocenters. The number of aliphatic hydroxyl groups is 1. The maximum Gasteiger partial charge on any atom is 0.157 e. The zero-order chi connectivity index (χ0) is 22.0. The number of rotatable bonds is 26. The van der Waals surface area contributed by atoms with Gasteiger partial charge in [-0.05, 0) is 38.6 Å². The molecule has 0 saturated carbocycles. The average Bonchev–Trinajstić information content (AvgIpc) is 2.76. The minimum atomic E-state index is 0.00232. The van der Waals surface area contributed by atoms with Crippen LogP contribution in [0.2, 0.25) is 0 Å². The molecular formula is C26H55NO3. The zero-order valence-corrected chi connectivity index (χ0v) is 20.6. The lowest BCUT2D eigenvalue weighted by Crippen LogP contribution is -2.19. The molecule has 30 heavy (non-hydrogen) atoms. The third-order valence-electron chi connectivity index (χ3n) is 5.69. The first-order valence-corrected chi connectivity index (χ1v) is 13.4. The van der Waals surface area contributed by atoms with Crippen molar-refractivity contribution in [3.05, 3.63) is 0 Å². The van der Waals surface area contributed by atoms with Gasteiger partial charge in [0.05, 0.1) is 6.61 Å². The molecule has 0 unspecified atom stereocenters. The van der Waals surface area contributed by atoms with E-state index in [4.69, 9.17) is 14.6 Å². The van der Waals surface area contributed by atoms with Crippen LogP contribution < -0.4 is 5.32 Å². The van der Waals surface area contributed by atoms with Crippen molar-refractivity contribution >= 4 is 0 Å². The van der Waals surface area contributed by atoms with Crippen molar-refractivity contribution < 1.29 is 14.6 Å². The van der Waals surface area contributed by atoms with Crippen molar-refractivity contribution in [3.63, 3.8) is 0 Å². The van der Waals surface area contributed by atoms with Crippen molar-refractivity contribution in [1.82, 2.24) is 5.32 Å². The second-order valence-electron chi connectivity index (χ2n) is 8.74. The van der Waals surface area contributed by atoms with E-state index in [-0.39, 0.29) is 12.9 Å². The fourth-order valence-corrected chi connectivity index (χ4v) is 3.70. The van der Waals surface area contributed by atoms with Crippen LogP contribution in [0, 0.1) is 0 Å². The molecule has 0 aliphatic rings. The predicted octanol–water partition coefficient (Wildman–Crippen LogP) is 6.99. The first-order chi connectivity index (χ1) is 14.8. The van der Waals surface area contributed by atoms with Crippen LogP contribution >= 0.6 is 0 Å². The van der Waals surface area contributed by atoms with Gasteiger partial charge in [0, 0.05) is 19.8 Å². The summed E-state index contributed by atoms with van der Waals surface area (Å²) in [6.07, 6.45) is 22.9. The maximum absolute atomic E-state index is 8.76. The summed E-state index contributed by atoms with van der Waals surface area (Å²) in [5.74, 6) is 0. The number of unbranched alkanes of at least 4 members (excludes halogenated alkanes) is 14. The third kappa shape index (κ3) is 24.1. The molecule has 2 N–H and O–H groups in total. The van der Waals surface area contributed by atoms with Crippen molar-refractivity contribution in [2.45, 2.75) is 136 Å². The summed E-state index contributed by atoms with van der Waals surface area (Å²) < 4.78 is 12.2. The molecule has 0 fully saturated rings. The van der Waals surface area contributed by atoms with Gasteiger partial charge in [-0.3, -0.25) is 0 Å². The summed E-state index contributed by atoms with van der Waals surface area (Å²) in [4.78, 5) is 0. The van der Waals surface area contributed by atoms with E-state index in [0.29, 0.717) is 6.54 Å². The van der Waals surface area contributed by atoms with Gasteiger partial charge in [0.1, 0.15) is 0 Å². The Morgan fingerprint density at radius 1 is 0.567 bits per heavy atom. The molecule has 0 spiro atoms. The van der Waals surface area contributed by atoms with Gasteiger partial charge in [0.25, 0.3) is 0 Å². The lowest BCUT2D eigenvalue weighted by atomic mass is 10.1. The predicted molar refractivity (Wildman–Crippen MR) is 130 cm³/mol. The Bertz CT molecular complexity index is 284. The number of ether oxygens (including phenoxy) is 2. The molecule has 0 bridgehead atoms. The van der Waals surface area contributed by atoms with E-state index < -0.39 is 0 Å². The van der Waals surface area contributed by atoms with E-state index in [1.54, 1.807) is 0 Å². The molecule has 0 radical (unpaired) electrons. The van der Waals surface area contributed by atoms with Gasteiger partial charge in [0.15, 0.2) is 6.29 Å². The van der Waals surface area contributed by atoms with Crippen molar-refractivity contribution in [3.8, 4) is 0 Å². The highest BCUT2D eigenvalue weighted by Gasteiger charge is 2.09. The molecule has 0 saturated heterocycles. The molecule has 0 amide bonds. The van der Waals surface area contributed by atoms with Crippen LogP contribution in [0.15, 0.2) is 0 Å². The first kappa shape index (κ1) is 29.8. The minimum Gasteiger partial charge on any atom is -0.395 e. The lowest BCUT2D eigenvalue weighted by Gasteiger charge is -2.19. The minimum absolute atomic E-state index is 0.00232. The standard InChI is InChI=1S/C26H55NO3/c1-3-5-7-9-14-18-24-29-26(30-25-19-15-10-8-6-4-2)20-16-12-11-13-17-21-27-22-23-28/h26-28H,3-25H2,1-2H3. The second-order valence-corrected chi connectivity index (χ2v) is 8.74. The molecule has 0 rings (SSSR count). The summed E-state index contributed by atoms with van der Waals surface area (Å²) in [5, 5.41) is 12.0. The molecule has 0 aromatic rings. The SMILES string of the molecule is CCCCCCCCOC(CCCCCCCNCCO)OCCCCCCCC. The lowest BCUT2D eigenvalue weighted by molar-refractivity contribution is -0.148. The third-order valence-corrected chi connectivity index (χ3v) is 5.69. The van der Waals surface area contributed by atoms with E-state index in [0.717, 1.165) is 26.2 Å². The number of aliphatic hydroxyl groups excluding tert-OH is 1. The maximum atomic E-state index is 8.76. The highest BCUT2D eigenvalue weighted by atomic mass is 16.7. The highest BCUT2D eigenvalue weighted by molar-refractivity contribution is 4.53. The Kier molecular flexibility index (Phi) is 26.7. The topological polar surface area (TPSA) is 50.7 Å². The van der Waals surface area contributed by atoms with Crippen molar-refractivity contribution in [2.75, 3.05) is 32.9 Å². The zero-order valence-electron chi connectivity index (χ0n) is 20.6. The Morgan fingerprint density at radius 3 is 1.57 bits per heavy atom. The summed E-state index contributed by atoms with van der Waals surface area (Å²) in [5.41, 5.74) is 0. The van der Waals surface area contributed by atoms with Gasteiger partial charge in [-0.15, -0.1) is 0 Å². The normalized spacial score (nSPS) is 11.6. The largest absolute Gasteiger partial charge is 0.395 e. The van der Waals surface area contributed by atoms with E-state index in [1.807, 2.05) is 0 Å². The Morgan fingerprint density at radius 2 is 1.03 bits per heavy atom. The summed E-state index contributed by atoms with van der Waals surface area (Å²) >= 11 is 0. The van der Waals surface area contributed by atoms with Gasteiger partial charge < -0.3 is 19.9 Å². The number of hydrogen-bond acceptors (Lipinski definition) is 4. The Hall–Kier alpha value is -0.160. The fraction of sp³-hybridized carbons (Fsp3) is 1.00. The summed E-state index contributed by atoms with van der Waals surface area (Å²) in [6, 6.07) is 0. The molecule has 0 heterocycles. The van der Waals surface area contributed by atoms with Crippen molar-refractivity contribution in [2.24, 2.45) is 0 Å². The monoisotopic (exact) mass is 429 g/mol. The molecular weight excluding hydrogens is 374 g/mol. The first-order valence-electron chi connectivity index (χ1n) is 13.4. The van der Waals surface area contributed by atoms with Gasteiger partial charge >= 0.3 is 0 Å². The second kappa shape index (κ2) is 26.9. The summed E-state index contributed by atoms with van der Waals surface area (Å²) in [7, 11) is 0. The van der Waals surface area contributed by atoms with E-state index in [1.165, 1.54) is 109 Å². The van der Waals surface area contributed by atoms with Gasteiger partial charge in [-0.2, -0.15) is 0 Å². The van der Waals surface area contributed by atoms with Crippen LogP contribution in [-0.2, 0) is 9.47 Å². The van der Waals surface area contributed by atoms with Crippen LogP contribution in [0.25, 0.3) is 0 Å². The van der Waals surface area contributed by atoms with Crippen LogP contribution in [0.4, 0.5) is 0 Å². The molecule has 4 nitrogen and oxygen atoms in total. The van der Waals surface area contributed by atoms with Crippen LogP contribution in [0.3, 0.4) is 0 Å². The van der Waals surface area contributed by atoms with Crippen molar-refractivity contribution in [1.29, 1.82) is 0 Å². The quantitative estimate of drug-likeness (QED) is 0.115. The number of hydrogen-bond donors (Lipinski definition) is 2. The van der Waals surface area contributed by atoms with Crippen LogP contribution in [-0.4, -0.2) is 44.3 Å². The van der Waals surface area contributed by atoms with Gasteiger partial charge in [-0.1, -0.05) is 97.3 Å². The van der Waals surface area contributed by atoms with Crippen LogP contribution in [0.1, 0.15) is 129 Å². The molecule has 0 aromatic heterocycles. The van der Waals surface area contributed by atoms with E-state index >= 15 is 0 Å². The number of nitrogens with one attached hydrogen (secondary N) is 1. The van der Waals surface area contributed by atoms with E-state index in [9.17, 15) is 0 Å². The Labute approximate surface area is 188 Å². The molecule has 0 aromatic carbocycles.